The number of aliphatic carboxylic acids is 2. The molecule has 0 unspecified atom stereocenters. The third-order valence-corrected chi connectivity index (χ3v) is 3.25. The number of carbonyl (C=O) groups is 2. The Morgan fingerprint density at radius 3 is 0.800 bits per heavy atom. The van der Waals surface area contributed by atoms with Gasteiger partial charge in [-0.05, 0) is 136 Å². The van der Waals surface area contributed by atoms with Crippen molar-refractivity contribution in [3.05, 3.63) is 0 Å². The zero-order valence-corrected chi connectivity index (χ0v) is 23.7. The molecule has 15 heavy (non-hydrogen) atoms. The first kappa shape index (κ1) is 24.3. The Morgan fingerprint density at radius 1 is 0.733 bits per heavy atom. The topological polar surface area (TPSA) is 74.6 Å². The van der Waals surface area contributed by atoms with Crippen LogP contribution < -0.4 is 0 Å². The normalized spacial score (nSPS) is 10.5. The van der Waals surface area contributed by atoms with Gasteiger partial charge in [0.25, 0.3) is 0 Å². The molecule has 0 heterocycles. The summed E-state index contributed by atoms with van der Waals surface area (Å²) in [6.07, 6.45) is 0. The van der Waals surface area contributed by atoms with Crippen LogP contribution in [0.3, 0.4) is 0 Å². The van der Waals surface area contributed by atoms with Crippen LogP contribution in [0.1, 0.15) is 0 Å². The molecule has 0 aliphatic rings. The first-order valence-electron chi connectivity index (χ1n) is 2.49. The standard InChI is InChI=1S/2C2HI3O2.Cd/c2*3-2(4,5)1(6)7;/h2*(H,6,7);. The molecule has 0 atom stereocenters. The van der Waals surface area contributed by atoms with Gasteiger partial charge in [0.15, 0.2) is 0 Å². The van der Waals surface area contributed by atoms with Crippen LogP contribution in [0.15, 0.2) is 0 Å². The Morgan fingerprint density at radius 2 is 0.800 bits per heavy atom. The predicted molar refractivity (Wildman–Crippen MR) is 105 cm³/mol. The quantitative estimate of drug-likeness (QED) is 0.249. The maximum atomic E-state index is 10.00. The van der Waals surface area contributed by atoms with Crippen LogP contribution in [0.4, 0.5) is 0 Å². The van der Waals surface area contributed by atoms with Gasteiger partial charge in [0.2, 0.25) is -1.13 Å². The van der Waals surface area contributed by atoms with Crippen LogP contribution in [0.5, 0.6) is 0 Å². The van der Waals surface area contributed by atoms with Gasteiger partial charge < -0.3 is 10.2 Å². The second kappa shape index (κ2) is 11.0. The largest absolute Gasteiger partial charge is 0.479 e. The molecule has 86 valence electrons. The summed E-state index contributed by atoms with van der Waals surface area (Å²) in [5, 5.41) is 16.5. The van der Waals surface area contributed by atoms with E-state index in [1.807, 2.05) is 136 Å². The minimum Gasteiger partial charge on any atom is -0.479 e. The summed E-state index contributed by atoms with van der Waals surface area (Å²) in [7, 11) is 0. The zero-order chi connectivity index (χ0) is 12.2. The molecular weight excluding hydrogens is 986 g/mol. The summed E-state index contributed by atoms with van der Waals surface area (Å²) in [5.74, 6) is -1.59. The maximum Gasteiger partial charge on any atom is 0.339 e. The average molecular weight is 988 g/mol. The first-order chi connectivity index (χ1) is 5.89. The Hall–Kier alpha value is 4.24. The van der Waals surface area contributed by atoms with E-state index in [0.29, 0.717) is 0 Å². The van der Waals surface area contributed by atoms with Crippen LogP contribution in [0.25, 0.3) is 0 Å². The molecule has 0 spiro atoms. The molecule has 0 aliphatic heterocycles. The van der Waals surface area contributed by atoms with Crippen LogP contribution in [0.2, 0.25) is 0 Å². The average Bonchev–Trinajstić information content (AvgIpc) is 1.83. The second-order valence-corrected chi connectivity index (χ2v) is 23.7. The number of carboxylic acids is 2. The van der Waals surface area contributed by atoms with E-state index in [0.717, 1.165) is 0 Å². The third kappa shape index (κ3) is 18.2. The van der Waals surface area contributed by atoms with Crippen molar-refractivity contribution in [2.45, 2.75) is -1.13 Å². The van der Waals surface area contributed by atoms with Crippen LogP contribution >= 0.6 is 136 Å². The molecule has 0 bridgehead atoms. The number of halogens is 6. The van der Waals surface area contributed by atoms with E-state index in [1.165, 1.54) is 0 Å². The Labute approximate surface area is 189 Å². The molecule has 0 aromatic heterocycles. The molecule has 0 saturated carbocycles. The fourth-order valence-corrected chi connectivity index (χ4v) is 0. The molecular formula is C4H2CdI6O4. The van der Waals surface area contributed by atoms with Gasteiger partial charge in [-0.1, -0.05) is 0 Å². The van der Waals surface area contributed by atoms with Crippen molar-refractivity contribution in [1.82, 2.24) is 0 Å². The summed E-state index contributed by atoms with van der Waals surface area (Å²) >= 11 is 11.0. The smallest absolute Gasteiger partial charge is 0.339 e. The van der Waals surface area contributed by atoms with Gasteiger partial charge in [-0.2, -0.15) is 0 Å². The van der Waals surface area contributed by atoms with Crippen LogP contribution in [0, 0.1) is 0 Å². The minimum atomic E-state index is -0.797. The van der Waals surface area contributed by atoms with Gasteiger partial charge in [0.1, 0.15) is 0 Å². The summed E-state index contributed by atoms with van der Waals surface area (Å²) in [5.41, 5.74) is 0. The number of alkyl halides is 6. The number of carboxylic acid groups (broad SMARTS) is 2. The third-order valence-electron chi connectivity index (χ3n) is 0.485. The monoisotopic (exact) mass is 989 g/mol. The summed E-state index contributed by atoms with van der Waals surface area (Å²) in [6.45, 7) is 0. The van der Waals surface area contributed by atoms with Gasteiger partial charge in [-0.15, -0.1) is 0 Å². The van der Waals surface area contributed by atoms with E-state index in [2.05, 4.69) is 0 Å². The number of hydrogen-bond donors (Lipinski definition) is 2. The Kier molecular flexibility index (Phi) is 17.7. The van der Waals surface area contributed by atoms with Gasteiger partial charge in [0.05, 0.1) is 0 Å². The van der Waals surface area contributed by atoms with Crippen molar-refractivity contribution >= 4 is 147 Å². The van der Waals surface area contributed by atoms with Crippen molar-refractivity contribution < 1.29 is 47.1 Å². The van der Waals surface area contributed by atoms with E-state index in [-0.39, 0.29) is 27.3 Å². The molecule has 0 aromatic carbocycles. The van der Waals surface area contributed by atoms with Gasteiger partial charge >= 0.3 is 11.9 Å². The van der Waals surface area contributed by atoms with Gasteiger partial charge in [0, 0.05) is 27.3 Å². The molecule has 0 fully saturated rings. The molecule has 0 saturated heterocycles. The minimum absolute atomic E-state index is 0. The van der Waals surface area contributed by atoms with Crippen molar-refractivity contribution in [3.63, 3.8) is 0 Å². The Balaban J connectivity index is -0.000000180. The molecule has 0 amide bonds. The van der Waals surface area contributed by atoms with E-state index >= 15 is 0 Å². The summed E-state index contributed by atoms with van der Waals surface area (Å²) < 4.78 is -1.35. The molecule has 0 aliphatic carbocycles. The molecule has 0 aromatic rings. The van der Waals surface area contributed by atoms with E-state index in [1.54, 1.807) is 0 Å². The van der Waals surface area contributed by atoms with Crippen molar-refractivity contribution in [3.8, 4) is 0 Å². The van der Waals surface area contributed by atoms with Gasteiger partial charge in [-0.25, -0.2) is 9.59 Å². The van der Waals surface area contributed by atoms with Crippen LogP contribution in [-0.4, -0.2) is 21.0 Å². The molecule has 2 N–H and O–H groups in total. The zero-order valence-electron chi connectivity index (χ0n) is 6.69. The molecule has 0 rings (SSSR count). The van der Waals surface area contributed by atoms with E-state index in [9.17, 15) is 9.59 Å². The van der Waals surface area contributed by atoms with E-state index in [4.69, 9.17) is 10.2 Å². The SMILES string of the molecule is O=C(O)C(I)(I)I.O=C(O)C(I)(I)I.[Cd]. The summed E-state index contributed by atoms with van der Waals surface area (Å²) in [6, 6.07) is 0. The van der Waals surface area contributed by atoms with Gasteiger partial charge in [-0.3, -0.25) is 0 Å². The molecule has 0 radical (unpaired) electrons. The van der Waals surface area contributed by atoms with Crippen molar-refractivity contribution in [1.29, 1.82) is 0 Å². The molecule has 11 heteroatoms. The maximum absolute atomic E-state index is 10.00. The number of hydrogen-bond acceptors (Lipinski definition) is 2. The summed E-state index contributed by atoms with van der Waals surface area (Å²) in [4.78, 5) is 20.0. The fourth-order valence-electron chi connectivity index (χ4n) is 0. The number of rotatable bonds is 2. The Bertz CT molecular complexity index is 196. The van der Waals surface area contributed by atoms with Crippen molar-refractivity contribution in [2.75, 3.05) is 0 Å². The van der Waals surface area contributed by atoms with Crippen LogP contribution in [-0.2, 0) is 36.9 Å². The molecule has 4 nitrogen and oxygen atoms in total. The second-order valence-electron chi connectivity index (χ2n) is 1.61. The fraction of sp³-hybridized carbons (Fsp3) is 0.500. The van der Waals surface area contributed by atoms with Crippen molar-refractivity contribution in [2.24, 2.45) is 0 Å². The van der Waals surface area contributed by atoms with E-state index < -0.39 is 10.8 Å². The predicted octanol–water partition coefficient (Wildman–Crippen LogP) is 4.06. The first-order valence-corrected chi connectivity index (χ1v) is 8.96.